The van der Waals surface area contributed by atoms with Gasteiger partial charge >= 0.3 is 0 Å². The van der Waals surface area contributed by atoms with E-state index >= 15 is 8.78 Å². The predicted molar refractivity (Wildman–Crippen MR) is 192 cm³/mol. The van der Waals surface area contributed by atoms with E-state index in [1.165, 1.54) is 12.1 Å². The van der Waals surface area contributed by atoms with Crippen LogP contribution in [0.15, 0.2) is 152 Å². The van der Waals surface area contributed by atoms with Crippen molar-refractivity contribution in [1.82, 2.24) is 0 Å². The summed E-state index contributed by atoms with van der Waals surface area (Å²) in [7, 11) is -2.10. The summed E-state index contributed by atoms with van der Waals surface area (Å²) in [6.45, 7) is 0. The first-order chi connectivity index (χ1) is 25.3. The molecule has 0 radical (unpaired) electrons. The molecule has 1 atom stereocenters. The molecule has 258 valence electrons. The Hall–Kier alpha value is -6.18. The molecule has 0 aliphatic carbocycles. The second-order valence-electron chi connectivity index (χ2n) is 11.3. The summed E-state index contributed by atoms with van der Waals surface area (Å²) in [6, 6.07) is 42.9. The van der Waals surface area contributed by atoms with Crippen LogP contribution in [0.5, 0.6) is 40.2 Å². The molecule has 1 unspecified atom stereocenters. The van der Waals surface area contributed by atoms with Gasteiger partial charge in [0.05, 0.1) is 10.9 Å². The summed E-state index contributed by atoms with van der Waals surface area (Å²) in [4.78, 5) is 0. The average Bonchev–Trinajstić information content (AvgIpc) is 3.17. The third-order valence-corrected chi connectivity index (χ3v) is 10.5. The van der Waals surface area contributed by atoms with E-state index in [1.54, 1.807) is 115 Å². The van der Waals surface area contributed by atoms with Gasteiger partial charge in [-0.25, -0.2) is 22.0 Å². The van der Waals surface area contributed by atoms with Crippen molar-refractivity contribution in [3.63, 3.8) is 0 Å². The molecule has 7 rings (SSSR count). The maximum Gasteiger partial charge on any atom is 0.200 e. The van der Waals surface area contributed by atoms with Crippen molar-refractivity contribution < 1.29 is 41.3 Å². The van der Waals surface area contributed by atoms with Crippen LogP contribution in [-0.4, -0.2) is 5.11 Å². The van der Waals surface area contributed by atoms with Crippen molar-refractivity contribution in [2.45, 2.75) is 0 Å². The number of para-hydroxylation sites is 5. The van der Waals surface area contributed by atoms with Gasteiger partial charge in [0.25, 0.3) is 0 Å². The van der Waals surface area contributed by atoms with Crippen molar-refractivity contribution in [3.05, 3.63) is 181 Å². The highest BCUT2D eigenvalue weighted by Crippen LogP contribution is 2.49. The van der Waals surface area contributed by atoms with Crippen molar-refractivity contribution in [1.29, 1.82) is 0 Å². The molecule has 0 saturated carbocycles. The van der Waals surface area contributed by atoms with Gasteiger partial charge in [-0.1, -0.05) is 97.1 Å². The number of phenols is 1. The summed E-state index contributed by atoms with van der Waals surface area (Å²) in [5.41, 5.74) is -1.87. The minimum atomic E-state index is -2.31. The highest BCUT2D eigenvalue weighted by Gasteiger charge is 2.33. The molecule has 7 aromatic carbocycles. The Balaban J connectivity index is 1.53. The molecular weight excluding hydrogens is 694 g/mol. The quantitative estimate of drug-likeness (QED) is 0.0662. The second kappa shape index (κ2) is 15.0. The Bertz CT molecular complexity index is 2270. The fraction of sp³-hybridized carbons (Fsp3) is 0. The maximum absolute atomic E-state index is 15.3. The van der Waals surface area contributed by atoms with E-state index in [-0.39, 0.29) is 5.30 Å². The molecule has 10 heteroatoms. The van der Waals surface area contributed by atoms with Gasteiger partial charge in [-0.3, -0.25) is 0 Å². The number of halogens is 5. The zero-order valence-electron chi connectivity index (χ0n) is 26.9. The third kappa shape index (κ3) is 6.78. The molecular formula is C42H26F5O4P. The number of phenolic OH excluding ortho intramolecular Hbond substituents is 1. The zero-order valence-corrected chi connectivity index (χ0v) is 27.8. The van der Waals surface area contributed by atoms with Gasteiger partial charge in [0, 0.05) is 24.1 Å². The van der Waals surface area contributed by atoms with Crippen LogP contribution in [0.25, 0.3) is 11.1 Å². The largest absolute Gasteiger partial charge is 0.507 e. The smallest absolute Gasteiger partial charge is 0.200 e. The highest BCUT2D eigenvalue weighted by molar-refractivity contribution is 7.80. The molecule has 0 heterocycles. The molecule has 7 aromatic rings. The lowest BCUT2D eigenvalue weighted by molar-refractivity contribution is 0.380. The lowest BCUT2D eigenvalue weighted by Crippen LogP contribution is -2.25. The first-order valence-corrected chi connectivity index (χ1v) is 17.2. The molecule has 0 fully saturated rings. The highest BCUT2D eigenvalue weighted by atomic mass is 31.1. The molecule has 0 aliphatic heterocycles. The van der Waals surface area contributed by atoms with Gasteiger partial charge in [0.2, 0.25) is 5.82 Å². The van der Waals surface area contributed by atoms with E-state index in [0.717, 1.165) is 6.07 Å². The first kappa shape index (κ1) is 34.3. The lowest BCUT2D eigenvalue weighted by Gasteiger charge is -2.27. The molecule has 0 spiro atoms. The second-order valence-corrected chi connectivity index (χ2v) is 13.4. The van der Waals surface area contributed by atoms with Crippen LogP contribution in [0.1, 0.15) is 0 Å². The minimum Gasteiger partial charge on any atom is -0.507 e. The average molecular weight is 721 g/mol. The zero-order chi connectivity index (χ0) is 36.2. The molecule has 52 heavy (non-hydrogen) atoms. The van der Waals surface area contributed by atoms with Gasteiger partial charge in [-0.15, -0.1) is 0 Å². The topological polar surface area (TPSA) is 47.9 Å². The normalized spacial score (nSPS) is 11.6. The van der Waals surface area contributed by atoms with Crippen LogP contribution in [0, 0.1) is 29.1 Å². The molecule has 0 amide bonds. The number of benzene rings is 7. The lowest BCUT2D eigenvalue weighted by atomic mass is 10.0. The molecule has 0 aromatic heterocycles. The summed E-state index contributed by atoms with van der Waals surface area (Å²) in [6.07, 6.45) is 0. The SMILES string of the molecule is Oc1c(-c2c(F)c(F)c(F)c(F)c2F)cccc1P(c1ccccc1Oc1ccccc1)c1c(Oc2ccccc2)cccc1Oc1ccccc1. The summed E-state index contributed by atoms with van der Waals surface area (Å²) >= 11 is 0. The van der Waals surface area contributed by atoms with E-state index in [9.17, 15) is 18.3 Å². The van der Waals surface area contributed by atoms with E-state index in [4.69, 9.17) is 14.2 Å². The van der Waals surface area contributed by atoms with Crippen molar-refractivity contribution in [2.75, 3.05) is 0 Å². The number of ether oxygens (including phenoxy) is 3. The number of rotatable bonds is 10. The molecule has 4 nitrogen and oxygen atoms in total. The van der Waals surface area contributed by atoms with Gasteiger partial charge in [-0.2, -0.15) is 0 Å². The Morgan fingerprint density at radius 3 is 1.29 bits per heavy atom. The van der Waals surface area contributed by atoms with E-state index < -0.39 is 53.9 Å². The van der Waals surface area contributed by atoms with Crippen molar-refractivity contribution in [3.8, 4) is 51.4 Å². The molecule has 0 aliphatic rings. The van der Waals surface area contributed by atoms with E-state index in [0.29, 0.717) is 45.1 Å². The fourth-order valence-corrected chi connectivity index (χ4v) is 8.15. The summed E-state index contributed by atoms with van der Waals surface area (Å²) in [5, 5.41) is 13.0. The maximum atomic E-state index is 15.3. The summed E-state index contributed by atoms with van der Waals surface area (Å²) in [5.74, 6) is -9.03. The Kier molecular flexibility index (Phi) is 9.87. The number of hydrogen-bond acceptors (Lipinski definition) is 4. The molecule has 1 N–H and O–H groups in total. The van der Waals surface area contributed by atoms with Crippen LogP contribution in [0.4, 0.5) is 22.0 Å². The minimum absolute atomic E-state index is 0.0857. The van der Waals surface area contributed by atoms with Crippen LogP contribution in [0.3, 0.4) is 0 Å². The van der Waals surface area contributed by atoms with Gasteiger partial charge < -0.3 is 19.3 Å². The number of aromatic hydroxyl groups is 1. The van der Waals surface area contributed by atoms with E-state index in [1.807, 2.05) is 18.2 Å². The molecule has 0 saturated heterocycles. The Morgan fingerprint density at radius 2 is 0.769 bits per heavy atom. The Morgan fingerprint density at radius 1 is 0.385 bits per heavy atom. The van der Waals surface area contributed by atoms with Crippen LogP contribution in [0.2, 0.25) is 0 Å². The summed E-state index contributed by atoms with van der Waals surface area (Å²) < 4.78 is 93.0. The predicted octanol–water partition coefficient (Wildman–Crippen LogP) is 10.9. The van der Waals surface area contributed by atoms with Crippen LogP contribution >= 0.6 is 7.92 Å². The first-order valence-electron chi connectivity index (χ1n) is 15.9. The standard InChI is InChI=1S/C42H26F5O4P/c43-36-35(37(44)39(46)40(47)38(36)45)29-20-12-25-34(41(29)48)52(33-24-11-10-21-30(33)49-26-14-4-1-5-15-26)42-31(50-27-16-6-2-7-17-27)22-13-23-32(42)51-28-18-8-3-9-19-28/h1-25,48H. The fourth-order valence-electron chi connectivity index (χ4n) is 5.59. The van der Waals surface area contributed by atoms with Crippen LogP contribution < -0.4 is 30.1 Å². The van der Waals surface area contributed by atoms with Crippen molar-refractivity contribution >= 4 is 23.8 Å². The Labute approximate surface area is 296 Å². The number of hydrogen-bond donors (Lipinski definition) is 1. The molecule has 0 bridgehead atoms. The van der Waals surface area contributed by atoms with Crippen LogP contribution in [-0.2, 0) is 0 Å². The van der Waals surface area contributed by atoms with Gasteiger partial charge in [-0.05, 0) is 54.6 Å². The monoisotopic (exact) mass is 720 g/mol. The van der Waals surface area contributed by atoms with E-state index in [2.05, 4.69) is 0 Å². The van der Waals surface area contributed by atoms with Gasteiger partial charge in [0.15, 0.2) is 23.3 Å². The van der Waals surface area contributed by atoms with Gasteiger partial charge in [0.1, 0.15) is 40.2 Å². The third-order valence-electron chi connectivity index (χ3n) is 7.94. The van der Waals surface area contributed by atoms with Crippen molar-refractivity contribution in [2.24, 2.45) is 0 Å².